The molecule has 0 spiro atoms. The van der Waals surface area contributed by atoms with E-state index in [9.17, 15) is 4.79 Å². The summed E-state index contributed by atoms with van der Waals surface area (Å²) in [5, 5.41) is 2.93. The van der Waals surface area contributed by atoms with Crippen molar-refractivity contribution in [1.82, 2.24) is 5.32 Å². The second-order valence-corrected chi connectivity index (χ2v) is 3.73. The number of amides is 1. The van der Waals surface area contributed by atoms with Gasteiger partial charge in [-0.05, 0) is 18.6 Å². The molecular weight excluding hydrogens is 178 g/mol. The van der Waals surface area contributed by atoms with Crippen LogP contribution in [-0.4, -0.2) is 11.9 Å². The number of rotatable bonds is 3. The van der Waals surface area contributed by atoms with Crippen molar-refractivity contribution in [2.75, 3.05) is 0 Å². The van der Waals surface area contributed by atoms with Crippen LogP contribution in [0.4, 0.5) is 0 Å². The molecule has 14 heavy (non-hydrogen) atoms. The van der Waals surface area contributed by atoms with Crippen molar-refractivity contribution in [1.29, 1.82) is 0 Å². The molecule has 1 atom stereocenters. The van der Waals surface area contributed by atoms with Gasteiger partial charge in [0.25, 0.3) is 0 Å². The number of aryl methyl sites for hydroxylation is 1. The van der Waals surface area contributed by atoms with Crippen molar-refractivity contribution < 1.29 is 9.21 Å². The first-order chi connectivity index (χ1) is 6.78. The molecule has 0 saturated carbocycles. The predicted octanol–water partition coefficient (Wildman–Crippen LogP) is 1.66. The van der Waals surface area contributed by atoms with Gasteiger partial charge < -0.3 is 9.73 Å². The molecule has 1 N–H and O–H groups in total. The molecule has 1 fully saturated rings. The van der Waals surface area contributed by atoms with E-state index >= 15 is 0 Å². The largest absolute Gasteiger partial charge is 0.466 e. The Hall–Kier alpha value is -1.25. The summed E-state index contributed by atoms with van der Waals surface area (Å²) in [5.74, 6) is 2.16. The fourth-order valence-corrected chi connectivity index (χ4v) is 1.80. The summed E-state index contributed by atoms with van der Waals surface area (Å²) in [6.07, 6.45) is 3.34. The average molecular weight is 193 g/mol. The third kappa shape index (κ3) is 1.97. The van der Waals surface area contributed by atoms with Crippen molar-refractivity contribution >= 4 is 5.91 Å². The lowest BCUT2D eigenvalue weighted by molar-refractivity contribution is -0.119. The van der Waals surface area contributed by atoms with Crippen LogP contribution in [0.1, 0.15) is 31.3 Å². The molecule has 0 aromatic carbocycles. The second-order valence-electron chi connectivity index (χ2n) is 3.73. The first-order valence-electron chi connectivity index (χ1n) is 5.15. The molecule has 0 bridgehead atoms. The molecular formula is C11H15NO2. The van der Waals surface area contributed by atoms with Crippen LogP contribution in [0.5, 0.6) is 0 Å². The van der Waals surface area contributed by atoms with Gasteiger partial charge in [0.15, 0.2) is 0 Å². The third-order valence-corrected chi connectivity index (χ3v) is 2.60. The molecule has 1 unspecified atom stereocenters. The molecule has 0 aliphatic carbocycles. The minimum absolute atomic E-state index is 0.164. The molecule has 3 nitrogen and oxygen atoms in total. The van der Waals surface area contributed by atoms with E-state index in [0.29, 0.717) is 6.42 Å². The van der Waals surface area contributed by atoms with E-state index in [4.69, 9.17) is 4.42 Å². The molecule has 1 aromatic heterocycles. The van der Waals surface area contributed by atoms with Gasteiger partial charge in [-0.3, -0.25) is 4.79 Å². The van der Waals surface area contributed by atoms with E-state index < -0.39 is 0 Å². The van der Waals surface area contributed by atoms with Crippen LogP contribution in [0, 0.1) is 0 Å². The SMILES string of the molecule is CCc1ccc(CC2CCC(=O)N2)o1. The average Bonchev–Trinajstić information content (AvgIpc) is 2.76. The van der Waals surface area contributed by atoms with Crippen LogP contribution in [-0.2, 0) is 17.6 Å². The Morgan fingerprint density at radius 1 is 1.50 bits per heavy atom. The van der Waals surface area contributed by atoms with Gasteiger partial charge in [0.1, 0.15) is 11.5 Å². The van der Waals surface area contributed by atoms with Gasteiger partial charge in [0.05, 0.1) is 0 Å². The summed E-state index contributed by atoms with van der Waals surface area (Å²) in [4.78, 5) is 11.0. The summed E-state index contributed by atoms with van der Waals surface area (Å²) in [6.45, 7) is 2.07. The Balaban J connectivity index is 1.93. The zero-order chi connectivity index (χ0) is 9.97. The maximum absolute atomic E-state index is 11.0. The van der Waals surface area contributed by atoms with Crippen LogP contribution in [0.2, 0.25) is 0 Å². The topological polar surface area (TPSA) is 42.2 Å². The maximum atomic E-state index is 11.0. The Morgan fingerprint density at radius 3 is 2.86 bits per heavy atom. The van der Waals surface area contributed by atoms with Crippen LogP contribution in [0.3, 0.4) is 0 Å². The monoisotopic (exact) mass is 193 g/mol. The third-order valence-electron chi connectivity index (χ3n) is 2.60. The minimum Gasteiger partial charge on any atom is -0.466 e. The van der Waals surface area contributed by atoms with Gasteiger partial charge >= 0.3 is 0 Å². The van der Waals surface area contributed by atoms with Gasteiger partial charge in [0, 0.05) is 25.3 Å². The van der Waals surface area contributed by atoms with E-state index in [1.54, 1.807) is 0 Å². The highest BCUT2D eigenvalue weighted by Gasteiger charge is 2.21. The summed E-state index contributed by atoms with van der Waals surface area (Å²) in [7, 11) is 0. The fourth-order valence-electron chi connectivity index (χ4n) is 1.80. The maximum Gasteiger partial charge on any atom is 0.220 e. The number of furan rings is 1. The summed E-state index contributed by atoms with van der Waals surface area (Å²) < 4.78 is 5.58. The highest BCUT2D eigenvalue weighted by atomic mass is 16.3. The van der Waals surface area contributed by atoms with Gasteiger partial charge in [-0.1, -0.05) is 6.92 Å². The standard InChI is InChI=1S/C11H15NO2/c1-2-9-4-5-10(14-9)7-8-3-6-11(13)12-8/h4-5,8H,2-3,6-7H2,1H3,(H,12,13). The number of hydrogen-bond acceptors (Lipinski definition) is 2. The molecule has 1 amide bonds. The Kier molecular flexibility index (Phi) is 2.57. The van der Waals surface area contributed by atoms with E-state index in [0.717, 1.165) is 30.8 Å². The van der Waals surface area contributed by atoms with Crippen molar-refractivity contribution in [3.8, 4) is 0 Å². The zero-order valence-corrected chi connectivity index (χ0v) is 8.38. The van der Waals surface area contributed by atoms with E-state index in [2.05, 4.69) is 12.2 Å². The molecule has 1 aliphatic heterocycles. The summed E-state index contributed by atoms with van der Waals surface area (Å²) in [5.41, 5.74) is 0. The molecule has 2 rings (SSSR count). The fraction of sp³-hybridized carbons (Fsp3) is 0.545. The van der Waals surface area contributed by atoms with Crippen molar-refractivity contribution in [2.24, 2.45) is 0 Å². The first kappa shape index (κ1) is 9.31. The van der Waals surface area contributed by atoms with E-state index in [1.165, 1.54) is 0 Å². The van der Waals surface area contributed by atoms with Gasteiger partial charge in [-0.15, -0.1) is 0 Å². The van der Waals surface area contributed by atoms with Crippen LogP contribution in [0.25, 0.3) is 0 Å². The number of nitrogens with one attached hydrogen (secondary N) is 1. The van der Waals surface area contributed by atoms with Crippen LogP contribution >= 0.6 is 0 Å². The van der Waals surface area contributed by atoms with Crippen molar-refractivity contribution in [3.63, 3.8) is 0 Å². The smallest absolute Gasteiger partial charge is 0.220 e. The number of carbonyl (C=O) groups excluding carboxylic acids is 1. The second kappa shape index (κ2) is 3.86. The molecule has 3 heteroatoms. The number of carbonyl (C=O) groups is 1. The molecule has 2 heterocycles. The summed E-state index contributed by atoms with van der Waals surface area (Å²) in [6, 6.07) is 4.29. The highest BCUT2D eigenvalue weighted by Crippen LogP contribution is 2.15. The first-order valence-corrected chi connectivity index (χ1v) is 5.15. The zero-order valence-electron chi connectivity index (χ0n) is 8.38. The Labute approximate surface area is 83.5 Å². The highest BCUT2D eigenvalue weighted by molar-refractivity contribution is 5.78. The van der Waals surface area contributed by atoms with Crippen molar-refractivity contribution in [2.45, 2.75) is 38.6 Å². The lowest BCUT2D eigenvalue weighted by Gasteiger charge is -2.06. The molecule has 1 aliphatic rings. The predicted molar refractivity (Wildman–Crippen MR) is 53.0 cm³/mol. The van der Waals surface area contributed by atoms with Gasteiger partial charge in [-0.25, -0.2) is 0 Å². The number of hydrogen-bond donors (Lipinski definition) is 1. The Morgan fingerprint density at radius 2 is 2.29 bits per heavy atom. The minimum atomic E-state index is 0.164. The van der Waals surface area contributed by atoms with Gasteiger partial charge in [-0.2, -0.15) is 0 Å². The van der Waals surface area contributed by atoms with Crippen molar-refractivity contribution in [3.05, 3.63) is 23.7 Å². The lowest BCUT2D eigenvalue weighted by Crippen LogP contribution is -2.26. The lowest BCUT2D eigenvalue weighted by atomic mass is 10.1. The molecule has 0 radical (unpaired) electrons. The summed E-state index contributed by atoms with van der Waals surface area (Å²) >= 11 is 0. The van der Waals surface area contributed by atoms with E-state index in [1.807, 2.05) is 12.1 Å². The van der Waals surface area contributed by atoms with Crippen LogP contribution in [0.15, 0.2) is 16.5 Å². The molecule has 1 saturated heterocycles. The molecule has 1 aromatic rings. The van der Waals surface area contributed by atoms with E-state index in [-0.39, 0.29) is 11.9 Å². The van der Waals surface area contributed by atoms with Gasteiger partial charge in [0.2, 0.25) is 5.91 Å². The van der Waals surface area contributed by atoms with Crippen LogP contribution < -0.4 is 5.32 Å². The molecule has 76 valence electrons. The quantitative estimate of drug-likeness (QED) is 0.793. The Bertz CT molecular complexity index is 330. The normalized spacial score (nSPS) is 21.2.